The first-order chi connectivity index (χ1) is 15.4. The Morgan fingerprint density at radius 2 is 1.97 bits per heavy atom. The molecule has 0 aliphatic carbocycles. The van der Waals surface area contributed by atoms with Crippen molar-refractivity contribution in [1.82, 2.24) is 0 Å². The Labute approximate surface area is 192 Å². The van der Waals surface area contributed by atoms with Crippen LogP contribution in [0.3, 0.4) is 0 Å². The summed E-state index contributed by atoms with van der Waals surface area (Å²) in [6, 6.07) is 9.81. The van der Waals surface area contributed by atoms with Crippen molar-refractivity contribution in [2.75, 3.05) is 36.5 Å². The zero-order valence-corrected chi connectivity index (χ0v) is 20.0. The van der Waals surface area contributed by atoms with Gasteiger partial charge in [0, 0.05) is 44.5 Å². The number of fused-ring (bicyclic) bond motifs is 1. The SMILES string of the molecule is CCCCN1CCCc2ccc(CN(C)c3ccc(CCC(=O)OCC)c(F)c3)c(C)c21. The molecule has 0 radical (unpaired) electrons. The Balaban J connectivity index is 1.72. The number of halogens is 1. The van der Waals surface area contributed by atoms with Gasteiger partial charge in [0.25, 0.3) is 0 Å². The Bertz CT molecular complexity index is 928. The van der Waals surface area contributed by atoms with Gasteiger partial charge in [-0.1, -0.05) is 31.5 Å². The highest BCUT2D eigenvalue weighted by atomic mass is 19.1. The molecule has 4 nitrogen and oxygen atoms in total. The molecule has 0 aromatic heterocycles. The molecule has 174 valence electrons. The van der Waals surface area contributed by atoms with E-state index < -0.39 is 0 Å². The van der Waals surface area contributed by atoms with Crippen molar-refractivity contribution >= 4 is 17.3 Å². The molecule has 1 heterocycles. The summed E-state index contributed by atoms with van der Waals surface area (Å²) in [5, 5.41) is 0. The first kappa shape index (κ1) is 24.1. The van der Waals surface area contributed by atoms with E-state index in [1.54, 1.807) is 19.1 Å². The number of rotatable bonds is 10. The van der Waals surface area contributed by atoms with Crippen molar-refractivity contribution in [1.29, 1.82) is 0 Å². The van der Waals surface area contributed by atoms with Gasteiger partial charge in [0.1, 0.15) is 5.82 Å². The van der Waals surface area contributed by atoms with Crippen molar-refractivity contribution in [2.24, 2.45) is 0 Å². The number of anilines is 2. The van der Waals surface area contributed by atoms with Crippen LogP contribution in [-0.4, -0.2) is 32.7 Å². The minimum absolute atomic E-state index is 0.197. The molecule has 0 amide bonds. The van der Waals surface area contributed by atoms with Gasteiger partial charge in [-0.05, 0) is 73.9 Å². The quantitative estimate of drug-likeness (QED) is 0.436. The maximum absolute atomic E-state index is 14.7. The van der Waals surface area contributed by atoms with Gasteiger partial charge in [-0.2, -0.15) is 0 Å². The number of benzene rings is 2. The van der Waals surface area contributed by atoms with Gasteiger partial charge in [-0.3, -0.25) is 4.79 Å². The number of aryl methyl sites for hydroxylation is 2. The van der Waals surface area contributed by atoms with Crippen LogP contribution in [0.25, 0.3) is 0 Å². The largest absolute Gasteiger partial charge is 0.466 e. The number of carbonyl (C=O) groups excluding carboxylic acids is 1. The second-order valence-electron chi connectivity index (χ2n) is 8.74. The van der Waals surface area contributed by atoms with Gasteiger partial charge in [-0.25, -0.2) is 4.39 Å². The number of unbranched alkanes of at least 4 members (excludes halogenated alkanes) is 1. The van der Waals surface area contributed by atoms with E-state index in [0.717, 1.165) is 31.7 Å². The number of hydrogen-bond acceptors (Lipinski definition) is 4. The lowest BCUT2D eigenvalue weighted by Crippen LogP contribution is -2.31. The van der Waals surface area contributed by atoms with Crippen LogP contribution in [0.5, 0.6) is 0 Å². The number of esters is 1. The molecule has 0 bridgehead atoms. The molecular weight excluding hydrogens is 403 g/mol. The Morgan fingerprint density at radius 3 is 2.69 bits per heavy atom. The van der Waals surface area contributed by atoms with Crippen LogP contribution < -0.4 is 9.80 Å². The molecule has 32 heavy (non-hydrogen) atoms. The third kappa shape index (κ3) is 5.81. The van der Waals surface area contributed by atoms with E-state index in [4.69, 9.17) is 4.74 Å². The highest BCUT2D eigenvalue weighted by Gasteiger charge is 2.21. The summed E-state index contributed by atoms with van der Waals surface area (Å²) in [6.07, 6.45) is 5.33. The molecule has 1 aliphatic rings. The molecule has 0 saturated heterocycles. The fourth-order valence-electron chi connectivity index (χ4n) is 4.55. The van der Waals surface area contributed by atoms with Gasteiger partial charge < -0.3 is 14.5 Å². The van der Waals surface area contributed by atoms with Crippen LogP contribution in [0, 0.1) is 12.7 Å². The standard InChI is InChI=1S/C27H37FN2O2/c1-5-7-16-30-17-8-9-22-10-11-23(20(3)27(22)30)19-29(4)24-14-12-21(25(28)18-24)13-15-26(31)32-6-2/h10-12,14,18H,5-9,13,15-17,19H2,1-4H3. The van der Waals surface area contributed by atoms with Crippen molar-refractivity contribution in [2.45, 2.75) is 65.8 Å². The van der Waals surface area contributed by atoms with E-state index in [9.17, 15) is 9.18 Å². The molecule has 2 aromatic rings. The zero-order valence-electron chi connectivity index (χ0n) is 20.0. The monoisotopic (exact) mass is 440 g/mol. The number of ether oxygens (including phenoxy) is 1. The second-order valence-corrected chi connectivity index (χ2v) is 8.74. The zero-order chi connectivity index (χ0) is 23.1. The fourth-order valence-corrected chi connectivity index (χ4v) is 4.55. The smallest absolute Gasteiger partial charge is 0.306 e. The maximum Gasteiger partial charge on any atom is 0.306 e. The summed E-state index contributed by atoms with van der Waals surface area (Å²) in [5.74, 6) is -0.560. The van der Waals surface area contributed by atoms with Crippen molar-refractivity contribution in [3.05, 3.63) is 58.4 Å². The summed E-state index contributed by atoms with van der Waals surface area (Å²) in [6.45, 7) is 9.56. The maximum atomic E-state index is 14.7. The fraction of sp³-hybridized carbons (Fsp3) is 0.519. The molecule has 2 aromatic carbocycles. The van der Waals surface area contributed by atoms with E-state index in [0.29, 0.717) is 18.6 Å². The van der Waals surface area contributed by atoms with E-state index >= 15 is 0 Å². The van der Waals surface area contributed by atoms with Gasteiger partial charge in [-0.15, -0.1) is 0 Å². The lowest BCUT2D eigenvalue weighted by molar-refractivity contribution is -0.143. The lowest BCUT2D eigenvalue weighted by atomic mass is 9.94. The van der Waals surface area contributed by atoms with Crippen molar-refractivity contribution in [3.8, 4) is 0 Å². The second kappa shape index (κ2) is 11.3. The van der Waals surface area contributed by atoms with E-state index in [2.05, 4.69) is 35.8 Å². The van der Waals surface area contributed by atoms with E-state index in [-0.39, 0.29) is 18.2 Å². The van der Waals surface area contributed by atoms with Gasteiger partial charge in [0.05, 0.1) is 6.61 Å². The summed E-state index contributed by atoms with van der Waals surface area (Å²) in [7, 11) is 2.00. The van der Waals surface area contributed by atoms with E-state index in [1.807, 2.05) is 13.1 Å². The molecule has 0 atom stereocenters. The Hall–Kier alpha value is -2.56. The predicted molar refractivity (Wildman–Crippen MR) is 130 cm³/mol. The molecule has 5 heteroatoms. The highest BCUT2D eigenvalue weighted by molar-refractivity contribution is 5.69. The van der Waals surface area contributed by atoms with Crippen LogP contribution >= 0.6 is 0 Å². The number of carbonyl (C=O) groups is 1. The average molecular weight is 441 g/mol. The van der Waals surface area contributed by atoms with Gasteiger partial charge in [0.15, 0.2) is 0 Å². The van der Waals surface area contributed by atoms with Crippen LogP contribution in [0.1, 0.15) is 61.8 Å². The minimum atomic E-state index is -0.288. The molecule has 0 fully saturated rings. The molecule has 3 rings (SSSR count). The normalized spacial score (nSPS) is 13.1. The van der Waals surface area contributed by atoms with Crippen LogP contribution in [0.15, 0.2) is 30.3 Å². The Morgan fingerprint density at radius 1 is 1.19 bits per heavy atom. The highest BCUT2D eigenvalue weighted by Crippen LogP contribution is 2.34. The third-order valence-electron chi connectivity index (χ3n) is 6.39. The third-order valence-corrected chi connectivity index (χ3v) is 6.39. The molecule has 0 saturated carbocycles. The minimum Gasteiger partial charge on any atom is -0.466 e. The summed E-state index contributed by atoms with van der Waals surface area (Å²) < 4.78 is 19.6. The molecule has 0 unspecified atom stereocenters. The molecule has 1 aliphatic heterocycles. The van der Waals surface area contributed by atoms with Crippen molar-refractivity contribution < 1.29 is 13.9 Å². The van der Waals surface area contributed by atoms with Gasteiger partial charge in [0.2, 0.25) is 0 Å². The average Bonchev–Trinajstić information content (AvgIpc) is 2.78. The first-order valence-electron chi connectivity index (χ1n) is 12.0. The van der Waals surface area contributed by atoms with Gasteiger partial charge >= 0.3 is 5.97 Å². The lowest BCUT2D eigenvalue weighted by Gasteiger charge is -2.34. The molecular formula is C27H37FN2O2. The molecule has 0 N–H and O–H groups in total. The van der Waals surface area contributed by atoms with E-state index in [1.165, 1.54) is 41.6 Å². The molecule has 0 spiro atoms. The first-order valence-corrected chi connectivity index (χ1v) is 12.0. The summed E-state index contributed by atoms with van der Waals surface area (Å²) in [4.78, 5) is 16.2. The summed E-state index contributed by atoms with van der Waals surface area (Å²) >= 11 is 0. The number of nitrogens with zero attached hydrogens (tertiary/aromatic N) is 2. The van der Waals surface area contributed by atoms with Crippen molar-refractivity contribution in [3.63, 3.8) is 0 Å². The van der Waals surface area contributed by atoms with Crippen LogP contribution in [0.2, 0.25) is 0 Å². The van der Waals surface area contributed by atoms with Crippen LogP contribution in [-0.2, 0) is 28.9 Å². The predicted octanol–water partition coefficient (Wildman–Crippen LogP) is 5.82. The Kier molecular flexibility index (Phi) is 8.54. The summed E-state index contributed by atoms with van der Waals surface area (Å²) in [5.41, 5.74) is 6.87. The number of hydrogen-bond donors (Lipinski definition) is 0. The van der Waals surface area contributed by atoms with Crippen LogP contribution in [0.4, 0.5) is 15.8 Å². The topological polar surface area (TPSA) is 32.8 Å².